The third kappa shape index (κ3) is 4.63. The number of hydrogen-bond acceptors (Lipinski definition) is 3. The van der Waals surface area contributed by atoms with Crippen LogP contribution in [-0.2, 0) is 4.79 Å². The maximum atomic E-state index is 12.0. The Morgan fingerprint density at radius 1 is 1.42 bits per heavy atom. The Labute approximate surface area is 114 Å². The molecule has 1 atom stereocenters. The van der Waals surface area contributed by atoms with Crippen LogP contribution in [0.4, 0.5) is 0 Å². The summed E-state index contributed by atoms with van der Waals surface area (Å²) in [4.78, 5) is 13.7. The first-order chi connectivity index (χ1) is 9.08. The van der Waals surface area contributed by atoms with Crippen LogP contribution in [0.5, 0.6) is 5.75 Å². The Balaban J connectivity index is 2.55. The maximum absolute atomic E-state index is 12.0. The van der Waals surface area contributed by atoms with Gasteiger partial charge in [-0.25, -0.2) is 0 Å². The fourth-order valence-electron chi connectivity index (χ4n) is 1.68. The molecule has 1 aromatic carbocycles. The van der Waals surface area contributed by atoms with Gasteiger partial charge in [0.1, 0.15) is 5.75 Å². The van der Waals surface area contributed by atoms with E-state index in [9.17, 15) is 4.79 Å². The predicted molar refractivity (Wildman–Crippen MR) is 73.8 cm³/mol. The molecule has 0 heterocycles. The summed E-state index contributed by atoms with van der Waals surface area (Å²) in [5, 5.41) is 8.70. The van der Waals surface area contributed by atoms with Crippen molar-refractivity contribution in [3.8, 4) is 11.8 Å². The second-order valence-corrected chi connectivity index (χ2v) is 4.51. The Morgan fingerprint density at radius 3 is 2.58 bits per heavy atom. The van der Waals surface area contributed by atoms with Crippen LogP contribution in [0.3, 0.4) is 0 Å². The number of benzene rings is 1. The van der Waals surface area contributed by atoms with Crippen molar-refractivity contribution in [1.29, 1.82) is 5.26 Å². The van der Waals surface area contributed by atoms with Gasteiger partial charge in [-0.2, -0.15) is 5.26 Å². The molecule has 102 valence electrons. The molecule has 0 radical (unpaired) electrons. The van der Waals surface area contributed by atoms with Crippen molar-refractivity contribution in [3.05, 3.63) is 29.8 Å². The fourth-order valence-corrected chi connectivity index (χ4v) is 1.68. The molecular formula is C15H20N2O2. The van der Waals surface area contributed by atoms with E-state index in [4.69, 9.17) is 10.00 Å². The zero-order valence-corrected chi connectivity index (χ0v) is 11.7. The zero-order chi connectivity index (χ0) is 14.3. The topological polar surface area (TPSA) is 53.3 Å². The Morgan fingerprint density at radius 2 is 2.05 bits per heavy atom. The normalized spacial score (nSPS) is 11.5. The van der Waals surface area contributed by atoms with E-state index in [0.717, 1.165) is 19.4 Å². The standard InChI is InChI=1S/C15H20N2O2/c1-4-5-10-17(3)15(18)12(2)19-14-8-6-13(11-16)7-9-14/h6-9,12H,4-5,10H2,1-3H3. The lowest BCUT2D eigenvalue weighted by molar-refractivity contribution is -0.136. The quantitative estimate of drug-likeness (QED) is 0.790. The zero-order valence-electron chi connectivity index (χ0n) is 11.7. The van der Waals surface area contributed by atoms with Crippen molar-refractivity contribution in [3.63, 3.8) is 0 Å². The first-order valence-corrected chi connectivity index (χ1v) is 6.50. The van der Waals surface area contributed by atoms with E-state index in [1.54, 1.807) is 43.1 Å². The van der Waals surface area contributed by atoms with Crippen molar-refractivity contribution in [1.82, 2.24) is 4.90 Å². The molecule has 1 unspecified atom stereocenters. The molecule has 1 amide bonds. The summed E-state index contributed by atoms with van der Waals surface area (Å²) in [6.07, 6.45) is 1.53. The average molecular weight is 260 g/mol. The van der Waals surface area contributed by atoms with E-state index in [1.807, 2.05) is 6.07 Å². The summed E-state index contributed by atoms with van der Waals surface area (Å²) in [5.74, 6) is 0.571. The van der Waals surface area contributed by atoms with E-state index in [2.05, 4.69) is 6.92 Å². The van der Waals surface area contributed by atoms with Gasteiger partial charge in [-0.05, 0) is 37.6 Å². The van der Waals surface area contributed by atoms with Gasteiger partial charge in [0, 0.05) is 13.6 Å². The number of ether oxygens (including phenoxy) is 1. The predicted octanol–water partition coefficient (Wildman–Crippen LogP) is 2.58. The lowest BCUT2D eigenvalue weighted by Gasteiger charge is -2.22. The molecule has 0 aliphatic heterocycles. The van der Waals surface area contributed by atoms with Gasteiger partial charge >= 0.3 is 0 Å². The second-order valence-electron chi connectivity index (χ2n) is 4.51. The van der Waals surface area contributed by atoms with Gasteiger partial charge in [0.05, 0.1) is 11.6 Å². The van der Waals surface area contributed by atoms with Crippen molar-refractivity contribution in [2.75, 3.05) is 13.6 Å². The van der Waals surface area contributed by atoms with Crippen LogP contribution in [0.15, 0.2) is 24.3 Å². The molecule has 0 saturated heterocycles. The van der Waals surface area contributed by atoms with Gasteiger partial charge in [-0.1, -0.05) is 13.3 Å². The minimum absolute atomic E-state index is 0.0298. The van der Waals surface area contributed by atoms with Gasteiger partial charge in [0.2, 0.25) is 0 Å². The Bertz CT molecular complexity index is 448. The number of likely N-dealkylation sites (N-methyl/N-ethyl adjacent to an activating group) is 1. The number of hydrogen-bond donors (Lipinski definition) is 0. The van der Waals surface area contributed by atoms with E-state index in [-0.39, 0.29) is 5.91 Å². The van der Waals surface area contributed by atoms with Gasteiger partial charge in [-0.3, -0.25) is 4.79 Å². The first kappa shape index (κ1) is 15.0. The number of rotatable bonds is 6. The largest absolute Gasteiger partial charge is 0.481 e. The molecule has 1 aromatic rings. The van der Waals surface area contributed by atoms with Crippen LogP contribution >= 0.6 is 0 Å². The third-order valence-electron chi connectivity index (χ3n) is 2.87. The Hall–Kier alpha value is -2.02. The van der Waals surface area contributed by atoms with Crippen molar-refractivity contribution < 1.29 is 9.53 Å². The molecule has 0 aliphatic rings. The van der Waals surface area contributed by atoms with E-state index in [1.165, 1.54) is 0 Å². The molecule has 0 aliphatic carbocycles. The molecule has 0 bridgehead atoms. The minimum Gasteiger partial charge on any atom is -0.481 e. The van der Waals surface area contributed by atoms with Gasteiger partial charge < -0.3 is 9.64 Å². The van der Waals surface area contributed by atoms with Crippen LogP contribution in [-0.4, -0.2) is 30.5 Å². The van der Waals surface area contributed by atoms with Gasteiger partial charge in [-0.15, -0.1) is 0 Å². The molecule has 4 nitrogen and oxygen atoms in total. The molecule has 0 saturated carbocycles. The smallest absolute Gasteiger partial charge is 0.263 e. The van der Waals surface area contributed by atoms with E-state index >= 15 is 0 Å². The van der Waals surface area contributed by atoms with Crippen molar-refractivity contribution in [2.24, 2.45) is 0 Å². The minimum atomic E-state index is -0.519. The number of amides is 1. The highest BCUT2D eigenvalue weighted by Gasteiger charge is 2.18. The molecule has 4 heteroatoms. The first-order valence-electron chi connectivity index (χ1n) is 6.50. The van der Waals surface area contributed by atoms with Crippen LogP contribution in [0.2, 0.25) is 0 Å². The van der Waals surface area contributed by atoms with E-state index in [0.29, 0.717) is 11.3 Å². The van der Waals surface area contributed by atoms with Crippen LogP contribution < -0.4 is 4.74 Å². The summed E-state index contributed by atoms with van der Waals surface area (Å²) in [7, 11) is 1.79. The van der Waals surface area contributed by atoms with Gasteiger partial charge in [0.15, 0.2) is 6.10 Å². The number of unbranched alkanes of at least 4 members (excludes halogenated alkanes) is 1. The fraction of sp³-hybridized carbons (Fsp3) is 0.467. The molecule has 1 rings (SSSR count). The molecule has 0 fully saturated rings. The summed E-state index contributed by atoms with van der Waals surface area (Å²) in [6, 6.07) is 8.79. The number of carbonyl (C=O) groups is 1. The molecule has 0 N–H and O–H groups in total. The van der Waals surface area contributed by atoms with Crippen molar-refractivity contribution in [2.45, 2.75) is 32.8 Å². The number of nitriles is 1. The molecule has 0 spiro atoms. The highest BCUT2D eigenvalue weighted by Crippen LogP contribution is 2.14. The second kappa shape index (κ2) is 7.42. The summed E-state index contributed by atoms with van der Waals surface area (Å²) in [6.45, 7) is 4.58. The van der Waals surface area contributed by atoms with Gasteiger partial charge in [0.25, 0.3) is 5.91 Å². The summed E-state index contributed by atoms with van der Waals surface area (Å²) < 4.78 is 5.58. The number of nitrogens with zero attached hydrogens (tertiary/aromatic N) is 2. The summed E-state index contributed by atoms with van der Waals surface area (Å²) >= 11 is 0. The summed E-state index contributed by atoms with van der Waals surface area (Å²) in [5.41, 5.74) is 0.575. The van der Waals surface area contributed by atoms with Crippen LogP contribution in [0.1, 0.15) is 32.3 Å². The monoisotopic (exact) mass is 260 g/mol. The van der Waals surface area contributed by atoms with Crippen LogP contribution in [0, 0.1) is 11.3 Å². The molecular weight excluding hydrogens is 240 g/mol. The number of carbonyl (C=O) groups excluding carboxylic acids is 1. The lowest BCUT2D eigenvalue weighted by Crippen LogP contribution is -2.38. The SMILES string of the molecule is CCCCN(C)C(=O)C(C)Oc1ccc(C#N)cc1. The highest BCUT2D eigenvalue weighted by atomic mass is 16.5. The molecule has 0 aromatic heterocycles. The molecule has 19 heavy (non-hydrogen) atoms. The lowest BCUT2D eigenvalue weighted by atomic mass is 10.2. The van der Waals surface area contributed by atoms with Crippen molar-refractivity contribution >= 4 is 5.91 Å². The van der Waals surface area contributed by atoms with Crippen LogP contribution in [0.25, 0.3) is 0 Å². The average Bonchev–Trinajstić information content (AvgIpc) is 2.44. The Kier molecular flexibility index (Phi) is 5.87. The highest BCUT2D eigenvalue weighted by molar-refractivity contribution is 5.80. The maximum Gasteiger partial charge on any atom is 0.263 e. The van der Waals surface area contributed by atoms with E-state index < -0.39 is 6.10 Å². The third-order valence-corrected chi connectivity index (χ3v) is 2.87.